The van der Waals surface area contributed by atoms with Crippen molar-refractivity contribution >= 4 is 5.82 Å². The molecule has 1 saturated heterocycles. The molecule has 1 aliphatic rings. The molecule has 1 fully saturated rings. The molecule has 0 bridgehead atoms. The quantitative estimate of drug-likeness (QED) is 0.800. The average molecular weight is 220 g/mol. The van der Waals surface area contributed by atoms with Gasteiger partial charge in [0.15, 0.2) is 0 Å². The molecule has 16 heavy (non-hydrogen) atoms. The Labute approximate surface area is 97.3 Å². The van der Waals surface area contributed by atoms with Crippen LogP contribution in [-0.4, -0.2) is 56.2 Å². The Kier molecular flexibility index (Phi) is 3.74. The second-order valence-corrected chi connectivity index (χ2v) is 4.41. The number of likely N-dealkylation sites (N-methyl/N-ethyl adjacent to an activating group) is 2. The third-order valence-corrected chi connectivity index (χ3v) is 3.17. The third kappa shape index (κ3) is 2.71. The minimum absolute atomic E-state index is 0.570. The highest BCUT2D eigenvalue weighted by molar-refractivity contribution is 5.36. The molecular formula is C12H20N4. The van der Waals surface area contributed by atoms with Crippen LogP contribution in [0.1, 0.15) is 0 Å². The maximum atomic E-state index is 4.36. The van der Waals surface area contributed by atoms with Crippen LogP contribution in [0, 0.1) is 0 Å². The maximum Gasteiger partial charge on any atom is 0.128 e. The van der Waals surface area contributed by atoms with E-state index in [1.165, 1.54) is 0 Å². The monoisotopic (exact) mass is 220 g/mol. The fraction of sp³-hybridized carbons (Fsp3) is 0.583. The van der Waals surface area contributed by atoms with E-state index in [0.717, 1.165) is 32.0 Å². The summed E-state index contributed by atoms with van der Waals surface area (Å²) in [5, 5.41) is 3.43. The van der Waals surface area contributed by atoms with Crippen molar-refractivity contribution in [3.05, 3.63) is 24.4 Å². The fourth-order valence-corrected chi connectivity index (χ4v) is 2.06. The summed E-state index contributed by atoms with van der Waals surface area (Å²) in [6, 6.07) is 6.60. The predicted octanol–water partition coefficient (Wildman–Crippen LogP) is 0.421. The second kappa shape index (κ2) is 5.27. The van der Waals surface area contributed by atoms with E-state index in [1.807, 2.05) is 18.3 Å². The Balaban J connectivity index is 1.94. The zero-order valence-electron chi connectivity index (χ0n) is 10.1. The van der Waals surface area contributed by atoms with Gasteiger partial charge < -0.3 is 10.2 Å². The first-order valence-electron chi connectivity index (χ1n) is 5.80. The Morgan fingerprint density at radius 2 is 2.44 bits per heavy atom. The molecule has 0 saturated carbocycles. The number of piperazine rings is 1. The Morgan fingerprint density at radius 3 is 3.12 bits per heavy atom. The van der Waals surface area contributed by atoms with Gasteiger partial charge in [-0.1, -0.05) is 6.07 Å². The highest BCUT2D eigenvalue weighted by Gasteiger charge is 2.20. The number of anilines is 1. The summed E-state index contributed by atoms with van der Waals surface area (Å²) in [4.78, 5) is 8.99. The summed E-state index contributed by atoms with van der Waals surface area (Å²) in [6.45, 7) is 4.30. The number of aromatic nitrogens is 1. The molecule has 1 unspecified atom stereocenters. The summed E-state index contributed by atoms with van der Waals surface area (Å²) in [7, 11) is 4.29. The van der Waals surface area contributed by atoms with Gasteiger partial charge in [-0.15, -0.1) is 0 Å². The van der Waals surface area contributed by atoms with Gasteiger partial charge in [0.1, 0.15) is 5.82 Å². The molecule has 4 heteroatoms. The van der Waals surface area contributed by atoms with Crippen LogP contribution in [0.3, 0.4) is 0 Å². The van der Waals surface area contributed by atoms with Gasteiger partial charge in [0.05, 0.1) is 0 Å². The molecule has 0 radical (unpaired) electrons. The molecule has 0 aliphatic carbocycles. The lowest BCUT2D eigenvalue weighted by Crippen LogP contribution is -2.53. The molecule has 1 aromatic heterocycles. The normalized spacial score (nSPS) is 22.0. The Morgan fingerprint density at radius 1 is 1.56 bits per heavy atom. The molecule has 4 nitrogen and oxygen atoms in total. The van der Waals surface area contributed by atoms with E-state index in [1.54, 1.807) is 0 Å². The third-order valence-electron chi connectivity index (χ3n) is 3.17. The molecule has 1 aromatic rings. The van der Waals surface area contributed by atoms with Crippen molar-refractivity contribution in [2.24, 2.45) is 0 Å². The van der Waals surface area contributed by atoms with E-state index in [2.05, 4.69) is 40.3 Å². The first kappa shape index (κ1) is 11.4. The van der Waals surface area contributed by atoms with Gasteiger partial charge in [0, 0.05) is 45.5 Å². The van der Waals surface area contributed by atoms with Crippen molar-refractivity contribution in [3.8, 4) is 0 Å². The van der Waals surface area contributed by atoms with Gasteiger partial charge in [-0.2, -0.15) is 0 Å². The SMILES string of the molecule is CN(CC1CNCCN1C)c1ccccn1. The highest BCUT2D eigenvalue weighted by Crippen LogP contribution is 2.09. The van der Waals surface area contributed by atoms with Crippen LogP contribution in [0.2, 0.25) is 0 Å². The van der Waals surface area contributed by atoms with Gasteiger partial charge in [0.25, 0.3) is 0 Å². The predicted molar refractivity (Wildman–Crippen MR) is 66.8 cm³/mol. The average Bonchev–Trinajstić information content (AvgIpc) is 2.33. The van der Waals surface area contributed by atoms with Crippen molar-refractivity contribution < 1.29 is 0 Å². The maximum absolute atomic E-state index is 4.36. The van der Waals surface area contributed by atoms with E-state index in [0.29, 0.717) is 6.04 Å². The number of hydrogen-bond acceptors (Lipinski definition) is 4. The van der Waals surface area contributed by atoms with Gasteiger partial charge >= 0.3 is 0 Å². The summed E-state index contributed by atoms with van der Waals surface area (Å²) in [5.74, 6) is 1.04. The molecule has 1 atom stereocenters. The number of hydrogen-bond donors (Lipinski definition) is 1. The van der Waals surface area contributed by atoms with Crippen LogP contribution >= 0.6 is 0 Å². The summed E-state index contributed by atoms with van der Waals surface area (Å²) >= 11 is 0. The van der Waals surface area contributed by atoms with Crippen LogP contribution in [0.5, 0.6) is 0 Å². The number of nitrogens with zero attached hydrogens (tertiary/aromatic N) is 3. The van der Waals surface area contributed by atoms with Crippen LogP contribution in [-0.2, 0) is 0 Å². The standard InChI is InChI=1S/C12H20N4/c1-15-8-7-13-9-11(15)10-16(2)12-5-3-4-6-14-12/h3-6,11,13H,7-10H2,1-2H3. The summed E-state index contributed by atoms with van der Waals surface area (Å²) in [5.41, 5.74) is 0. The second-order valence-electron chi connectivity index (χ2n) is 4.41. The van der Waals surface area contributed by atoms with E-state index in [9.17, 15) is 0 Å². The molecule has 88 valence electrons. The number of rotatable bonds is 3. The molecule has 1 N–H and O–H groups in total. The molecule has 0 amide bonds. The van der Waals surface area contributed by atoms with E-state index in [4.69, 9.17) is 0 Å². The lowest BCUT2D eigenvalue weighted by atomic mass is 10.2. The molecule has 0 aromatic carbocycles. The van der Waals surface area contributed by atoms with E-state index < -0.39 is 0 Å². The van der Waals surface area contributed by atoms with E-state index >= 15 is 0 Å². The molecule has 2 heterocycles. The number of nitrogens with one attached hydrogen (secondary N) is 1. The first-order valence-corrected chi connectivity index (χ1v) is 5.80. The van der Waals surface area contributed by atoms with Crippen molar-refractivity contribution in [2.45, 2.75) is 6.04 Å². The minimum atomic E-state index is 0.570. The van der Waals surface area contributed by atoms with Crippen molar-refractivity contribution in [3.63, 3.8) is 0 Å². The molecular weight excluding hydrogens is 200 g/mol. The first-order chi connectivity index (χ1) is 7.77. The lowest BCUT2D eigenvalue weighted by Gasteiger charge is -2.35. The van der Waals surface area contributed by atoms with Crippen molar-refractivity contribution in [1.29, 1.82) is 0 Å². The topological polar surface area (TPSA) is 31.4 Å². The fourth-order valence-electron chi connectivity index (χ4n) is 2.06. The summed E-state index contributed by atoms with van der Waals surface area (Å²) in [6.07, 6.45) is 1.84. The van der Waals surface area contributed by atoms with Crippen LogP contribution < -0.4 is 10.2 Å². The van der Waals surface area contributed by atoms with E-state index in [-0.39, 0.29) is 0 Å². The Hall–Kier alpha value is -1.13. The van der Waals surface area contributed by atoms with Crippen molar-refractivity contribution in [1.82, 2.24) is 15.2 Å². The van der Waals surface area contributed by atoms with Gasteiger partial charge in [-0.25, -0.2) is 4.98 Å². The van der Waals surface area contributed by atoms with Crippen LogP contribution in [0.4, 0.5) is 5.82 Å². The zero-order chi connectivity index (χ0) is 11.4. The van der Waals surface area contributed by atoms with Crippen molar-refractivity contribution in [2.75, 3.05) is 45.2 Å². The zero-order valence-corrected chi connectivity index (χ0v) is 10.1. The molecule has 2 rings (SSSR count). The van der Waals surface area contributed by atoms with Gasteiger partial charge in [-0.05, 0) is 19.2 Å². The van der Waals surface area contributed by atoms with Crippen LogP contribution in [0.15, 0.2) is 24.4 Å². The Bertz CT molecular complexity index is 314. The summed E-state index contributed by atoms with van der Waals surface area (Å²) < 4.78 is 0. The van der Waals surface area contributed by atoms with Crippen LogP contribution in [0.25, 0.3) is 0 Å². The number of pyridine rings is 1. The van der Waals surface area contributed by atoms with Gasteiger partial charge in [0.2, 0.25) is 0 Å². The lowest BCUT2D eigenvalue weighted by molar-refractivity contribution is 0.204. The minimum Gasteiger partial charge on any atom is -0.358 e. The largest absolute Gasteiger partial charge is 0.358 e. The molecule has 1 aliphatic heterocycles. The molecule has 0 spiro atoms. The smallest absolute Gasteiger partial charge is 0.128 e. The van der Waals surface area contributed by atoms with Gasteiger partial charge in [-0.3, -0.25) is 4.90 Å². The highest BCUT2D eigenvalue weighted by atomic mass is 15.3.